The zero-order valence-electron chi connectivity index (χ0n) is 19.4. The second-order valence-electron chi connectivity index (χ2n) is 9.38. The highest BCUT2D eigenvalue weighted by molar-refractivity contribution is 5.81. The van der Waals surface area contributed by atoms with Crippen LogP contribution in [0, 0.1) is 22.7 Å². The van der Waals surface area contributed by atoms with E-state index in [-0.39, 0.29) is 0 Å². The van der Waals surface area contributed by atoms with Gasteiger partial charge in [0, 0.05) is 0 Å². The van der Waals surface area contributed by atoms with Crippen LogP contribution in [0.15, 0.2) is 24.3 Å². The molecule has 0 heterocycles. The lowest BCUT2D eigenvalue weighted by Gasteiger charge is -2.29. The minimum absolute atomic E-state index is 0.447. The van der Waals surface area contributed by atoms with Gasteiger partial charge in [0.05, 0.1) is 6.07 Å². The summed E-state index contributed by atoms with van der Waals surface area (Å²) in [4.78, 5) is 12.2. The molecule has 1 atom stereocenters. The van der Waals surface area contributed by atoms with Gasteiger partial charge in [-0.1, -0.05) is 77.3 Å². The van der Waals surface area contributed by atoms with E-state index in [9.17, 15) is 10.1 Å². The Balaban J connectivity index is 1.71. The molecule has 3 nitrogen and oxygen atoms in total. The molecule has 1 aliphatic carbocycles. The summed E-state index contributed by atoms with van der Waals surface area (Å²) >= 11 is 0. The minimum atomic E-state index is -1.08. The molecule has 0 bridgehead atoms. The molecule has 0 saturated heterocycles. The summed E-state index contributed by atoms with van der Waals surface area (Å²) in [6.45, 7) is 5.74. The van der Waals surface area contributed by atoms with E-state index in [1.165, 1.54) is 82.6 Å². The number of nitriles is 1. The fourth-order valence-corrected chi connectivity index (χ4v) is 4.47. The first-order valence-electron chi connectivity index (χ1n) is 12.3. The normalized spacial score (nSPS) is 20.9. The van der Waals surface area contributed by atoms with Crippen LogP contribution in [0.3, 0.4) is 0 Å². The third kappa shape index (κ3) is 7.46. The molecule has 1 saturated carbocycles. The van der Waals surface area contributed by atoms with Crippen LogP contribution in [-0.2, 0) is 4.79 Å². The van der Waals surface area contributed by atoms with Crippen molar-refractivity contribution in [2.75, 3.05) is 0 Å². The van der Waals surface area contributed by atoms with Crippen molar-refractivity contribution in [2.24, 2.45) is 11.3 Å². The van der Waals surface area contributed by atoms with Crippen LogP contribution in [0.1, 0.15) is 116 Å². The molecule has 2 rings (SSSR count). The molecule has 1 aromatic carbocycles. The van der Waals surface area contributed by atoms with Gasteiger partial charge >= 0.3 is 5.97 Å². The monoisotopic (exact) mass is 411 g/mol. The fraction of sp³-hybridized carbons (Fsp3) is 0.704. The molecule has 3 heteroatoms. The first kappa shape index (κ1) is 24.4. The average molecular weight is 412 g/mol. The molecule has 0 aromatic heterocycles. The quantitative estimate of drug-likeness (QED) is 0.199. The van der Waals surface area contributed by atoms with Crippen molar-refractivity contribution in [1.82, 2.24) is 0 Å². The van der Waals surface area contributed by atoms with E-state index in [1.54, 1.807) is 6.92 Å². The smallest absolute Gasteiger partial charge is 0.331 e. The van der Waals surface area contributed by atoms with Gasteiger partial charge in [-0.25, -0.2) is 4.79 Å². The predicted molar refractivity (Wildman–Crippen MR) is 123 cm³/mol. The molecular weight excluding hydrogens is 370 g/mol. The summed E-state index contributed by atoms with van der Waals surface area (Å²) in [5.41, 5.74) is 0.273. The summed E-state index contributed by atoms with van der Waals surface area (Å²) < 4.78 is 5.44. The molecule has 1 aromatic rings. The highest BCUT2D eigenvalue weighted by atomic mass is 16.5. The zero-order chi connectivity index (χ0) is 21.8. The van der Waals surface area contributed by atoms with E-state index in [0.29, 0.717) is 18.1 Å². The summed E-state index contributed by atoms with van der Waals surface area (Å²) in [6, 6.07) is 10.0. The van der Waals surface area contributed by atoms with E-state index < -0.39 is 11.4 Å². The van der Waals surface area contributed by atoms with Crippen LogP contribution < -0.4 is 4.74 Å². The van der Waals surface area contributed by atoms with E-state index in [0.717, 1.165) is 5.92 Å². The standard InChI is InChI=1S/C27H41NO2/c1-4-6-7-8-9-10-11-12-22-13-15-23(16-14-22)24-17-19-25(20-18-24)30-26(29)27(3,5-2)21-28/h17-20,22-23H,4-16H2,1-3H3. The van der Waals surface area contributed by atoms with Crippen LogP contribution in [-0.4, -0.2) is 5.97 Å². The van der Waals surface area contributed by atoms with E-state index in [2.05, 4.69) is 25.1 Å². The van der Waals surface area contributed by atoms with Crippen LogP contribution in [0.25, 0.3) is 0 Å². The Kier molecular flexibility index (Phi) is 10.4. The van der Waals surface area contributed by atoms with Crippen molar-refractivity contribution >= 4 is 5.97 Å². The maximum Gasteiger partial charge on any atom is 0.331 e. The van der Waals surface area contributed by atoms with Gasteiger partial charge in [0.2, 0.25) is 0 Å². The number of benzene rings is 1. The van der Waals surface area contributed by atoms with Crippen LogP contribution in [0.2, 0.25) is 0 Å². The Hall–Kier alpha value is -1.82. The maximum atomic E-state index is 12.2. The summed E-state index contributed by atoms with van der Waals surface area (Å²) in [5.74, 6) is 1.60. The first-order chi connectivity index (χ1) is 14.5. The third-order valence-electron chi connectivity index (χ3n) is 7.03. The van der Waals surface area contributed by atoms with Crippen LogP contribution >= 0.6 is 0 Å². The number of rotatable bonds is 12. The number of carbonyl (C=O) groups excluding carboxylic acids is 1. The first-order valence-corrected chi connectivity index (χ1v) is 12.3. The van der Waals surface area contributed by atoms with Gasteiger partial charge in [0.25, 0.3) is 0 Å². The van der Waals surface area contributed by atoms with Crippen molar-refractivity contribution < 1.29 is 9.53 Å². The second kappa shape index (κ2) is 12.8. The van der Waals surface area contributed by atoms with Gasteiger partial charge in [-0.3, -0.25) is 0 Å². The van der Waals surface area contributed by atoms with Crippen molar-refractivity contribution in [3.63, 3.8) is 0 Å². The summed E-state index contributed by atoms with van der Waals surface area (Å²) in [6.07, 6.45) is 16.9. The van der Waals surface area contributed by atoms with E-state index >= 15 is 0 Å². The summed E-state index contributed by atoms with van der Waals surface area (Å²) in [7, 11) is 0. The Morgan fingerprint density at radius 3 is 2.17 bits per heavy atom. The van der Waals surface area contributed by atoms with Crippen LogP contribution in [0.4, 0.5) is 0 Å². The lowest BCUT2D eigenvalue weighted by Crippen LogP contribution is -2.29. The van der Waals surface area contributed by atoms with E-state index in [4.69, 9.17) is 4.74 Å². The molecule has 0 radical (unpaired) electrons. The Labute approximate surface area is 184 Å². The molecule has 30 heavy (non-hydrogen) atoms. The molecular formula is C27H41NO2. The van der Waals surface area contributed by atoms with Gasteiger partial charge in [0.1, 0.15) is 5.75 Å². The minimum Gasteiger partial charge on any atom is -0.425 e. The van der Waals surface area contributed by atoms with Gasteiger partial charge in [-0.15, -0.1) is 0 Å². The maximum absolute atomic E-state index is 12.2. The number of unbranched alkanes of at least 4 members (excludes halogenated alkanes) is 6. The molecule has 0 amide bonds. The lowest BCUT2D eigenvalue weighted by molar-refractivity contribution is -0.141. The zero-order valence-corrected chi connectivity index (χ0v) is 19.4. The number of hydrogen-bond acceptors (Lipinski definition) is 3. The number of nitrogens with zero attached hydrogens (tertiary/aromatic N) is 1. The number of ether oxygens (including phenoxy) is 1. The largest absolute Gasteiger partial charge is 0.425 e. The predicted octanol–water partition coefficient (Wildman–Crippen LogP) is 7.95. The van der Waals surface area contributed by atoms with Gasteiger partial charge in [-0.05, 0) is 68.6 Å². The molecule has 1 fully saturated rings. The van der Waals surface area contributed by atoms with Crippen molar-refractivity contribution in [3.8, 4) is 11.8 Å². The van der Waals surface area contributed by atoms with Crippen molar-refractivity contribution in [1.29, 1.82) is 5.26 Å². The Morgan fingerprint density at radius 2 is 1.60 bits per heavy atom. The Morgan fingerprint density at radius 1 is 1.00 bits per heavy atom. The fourth-order valence-electron chi connectivity index (χ4n) is 4.47. The number of carbonyl (C=O) groups is 1. The topological polar surface area (TPSA) is 50.1 Å². The molecule has 0 N–H and O–H groups in total. The van der Waals surface area contributed by atoms with E-state index in [1.807, 2.05) is 19.1 Å². The summed E-state index contributed by atoms with van der Waals surface area (Å²) in [5, 5.41) is 9.23. The molecule has 166 valence electrons. The van der Waals surface area contributed by atoms with Crippen LogP contribution in [0.5, 0.6) is 5.75 Å². The van der Waals surface area contributed by atoms with Crippen molar-refractivity contribution in [3.05, 3.63) is 29.8 Å². The third-order valence-corrected chi connectivity index (χ3v) is 7.03. The molecule has 1 aliphatic rings. The molecule has 0 aliphatic heterocycles. The second-order valence-corrected chi connectivity index (χ2v) is 9.38. The number of esters is 1. The van der Waals surface area contributed by atoms with Gasteiger partial charge in [0.15, 0.2) is 5.41 Å². The highest BCUT2D eigenvalue weighted by Crippen LogP contribution is 2.38. The number of hydrogen-bond donors (Lipinski definition) is 0. The highest BCUT2D eigenvalue weighted by Gasteiger charge is 2.33. The van der Waals surface area contributed by atoms with Crippen molar-refractivity contribution in [2.45, 2.75) is 110 Å². The molecule has 0 spiro atoms. The average Bonchev–Trinajstić information content (AvgIpc) is 2.79. The van der Waals surface area contributed by atoms with Gasteiger partial charge in [-0.2, -0.15) is 5.26 Å². The van der Waals surface area contributed by atoms with Gasteiger partial charge < -0.3 is 4.74 Å². The lowest BCUT2D eigenvalue weighted by atomic mass is 9.77. The SMILES string of the molecule is CCCCCCCCCC1CCC(c2ccc(OC(=O)C(C)(C#N)CC)cc2)CC1. The molecule has 1 unspecified atom stereocenters. The Bertz CT molecular complexity index is 667.